The van der Waals surface area contributed by atoms with Gasteiger partial charge < -0.3 is 15.3 Å². The van der Waals surface area contributed by atoms with Crippen LogP contribution in [0.15, 0.2) is 18.2 Å². The molecule has 0 aliphatic carbocycles. The highest BCUT2D eigenvalue weighted by Crippen LogP contribution is 2.25. The molecule has 2 N–H and O–H groups in total. The molecule has 0 saturated carbocycles. The second kappa shape index (κ2) is 8.08. The molecular weight excluding hydrogens is 283 g/mol. The Bertz CT molecular complexity index is 399. The molecule has 108 valence electrons. The smallest absolute Gasteiger partial charge is 0.0929 e. The first kappa shape index (κ1) is 16.7. The fourth-order valence-electron chi connectivity index (χ4n) is 1.63. The predicted octanol–water partition coefficient (Wildman–Crippen LogP) is 2.96. The third-order valence-electron chi connectivity index (χ3n) is 3.18. The Labute approximate surface area is 125 Å². The van der Waals surface area contributed by atoms with E-state index in [2.05, 4.69) is 31.1 Å². The number of hydrogen-bond acceptors (Lipinski definition) is 3. The minimum atomic E-state index is -0.643. The van der Waals surface area contributed by atoms with Gasteiger partial charge in [-0.1, -0.05) is 23.2 Å². The number of nitrogens with one attached hydrogen (secondary N) is 1. The van der Waals surface area contributed by atoms with Gasteiger partial charge >= 0.3 is 0 Å². The number of rotatable bonds is 7. The second-order valence-corrected chi connectivity index (χ2v) is 5.80. The molecule has 0 bridgehead atoms. The van der Waals surface area contributed by atoms with Gasteiger partial charge in [0.25, 0.3) is 0 Å². The van der Waals surface area contributed by atoms with E-state index in [-0.39, 0.29) is 0 Å². The molecular formula is C14H22Cl2N2O. The van der Waals surface area contributed by atoms with Crippen molar-refractivity contribution in [1.29, 1.82) is 0 Å². The molecule has 0 aromatic heterocycles. The normalized spacial score (nSPS) is 13.3. The van der Waals surface area contributed by atoms with E-state index in [1.54, 1.807) is 18.2 Å². The first-order valence-corrected chi connectivity index (χ1v) is 7.21. The molecule has 3 nitrogen and oxygen atoms in total. The molecule has 0 aliphatic heterocycles. The van der Waals surface area contributed by atoms with Crippen LogP contribution in [-0.4, -0.2) is 42.7 Å². The lowest BCUT2D eigenvalue weighted by atomic mass is 10.1. The molecule has 0 heterocycles. The zero-order valence-electron chi connectivity index (χ0n) is 11.7. The first-order valence-electron chi connectivity index (χ1n) is 6.45. The molecule has 0 saturated heterocycles. The van der Waals surface area contributed by atoms with Crippen molar-refractivity contribution >= 4 is 23.2 Å². The van der Waals surface area contributed by atoms with Crippen LogP contribution in [-0.2, 0) is 0 Å². The van der Waals surface area contributed by atoms with Crippen LogP contribution >= 0.6 is 23.2 Å². The molecule has 19 heavy (non-hydrogen) atoms. The van der Waals surface area contributed by atoms with Gasteiger partial charge in [0.15, 0.2) is 0 Å². The molecule has 0 spiro atoms. The van der Waals surface area contributed by atoms with Crippen LogP contribution in [0.3, 0.4) is 0 Å². The van der Waals surface area contributed by atoms with Gasteiger partial charge in [0.2, 0.25) is 0 Å². The van der Waals surface area contributed by atoms with Crippen molar-refractivity contribution in [3.8, 4) is 0 Å². The molecule has 1 aromatic rings. The molecule has 0 aliphatic rings. The minimum absolute atomic E-state index is 0.464. The van der Waals surface area contributed by atoms with Crippen LogP contribution in [0.5, 0.6) is 0 Å². The van der Waals surface area contributed by atoms with Crippen LogP contribution in [0.2, 0.25) is 10.0 Å². The summed E-state index contributed by atoms with van der Waals surface area (Å²) in [5, 5.41) is 14.4. The van der Waals surface area contributed by atoms with Gasteiger partial charge in [-0.05, 0) is 39.1 Å². The fraction of sp³-hybridized carbons (Fsp3) is 0.571. The van der Waals surface area contributed by atoms with Gasteiger partial charge in [-0.15, -0.1) is 0 Å². The summed E-state index contributed by atoms with van der Waals surface area (Å²) in [6.07, 6.45) is -0.643. The lowest BCUT2D eigenvalue weighted by Gasteiger charge is -2.21. The Morgan fingerprint density at radius 3 is 2.63 bits per heavy atom. The summed E-state index contributed by atoms with van der Waals surface area (Å²) in [6, 6.07) is 5.64. The summed E-state index contributed by atoms with van der Waals surface area (Å²) in [4.78, 5) is 2.24. The summed E-state index contributed by atoms with van der Waals surface area (Å²) in [7, 11) is 2.08. The van der Waals surface area contributed by atoms with E-state index in [1.807, 2.05) is 0 Å². The van der Waals surface area contributed by atoms with Gasteiger partial charge in [0.1, 0.15) is 0 Å². The number of benzene rings is 1. The topological polar surface area (TPSA) is 35.5 Å². The second-order valence-electron chi connectivity index (χ2n) is 4.96. The molecule has 1 atom stereocenters. The van der Waals surface area contributed by atoms with Crippen molar-refractivity contribution in [3.05, 3.63) is 33.8 Å². The van der Waals surface area contributed by atoms with Gasteiger partial charge in [-0.3, -0.25) is 0 Å². The van der Waals surface area contributed by atoms with Crippen molar-refractivity contribution in [2.75, 3.05) is 26.7 Å². The van der Waals surface area contributed by atoms with Crippen molar-refractivity contribution in [1.82, 2.24) is 10.2 Å². The number of likely N-dealkylation sites (N-methyl/N-ethyl adjacent to an activating group) is 1. The summed E-state index contributed by atoms with van der Waals surface area (Å²) >= 11 is 11.9. The predicted molar refractivity (Wildman–Crippen MR) is 82.1 cm³/mol. The van der Waals surface area contributed by atoms with E-state index < -0.39 is 6.10 Å². The van der Waals surface area contributed by atoms with E-state index in [9.17, 15) is 5.11 Å². The Kier molecular flexibility index (Phi) is 7.11. The molecule has 1 aromatic carbocycles. The molecule has 0 fully saturated rings. The van der Waals surface area contributed by atoms with E-state index in [1.165, 1.54) is 0 Å². The van der Waals surface area contributed by atoms with Crippen molar-refractivity contribution < 1.29 is 5.11 Å². The van der Waals surface area contributed by atoms with Crippen LogP contribution < -0.4 is 5.32 Å². The average molecular weight is 305 g/mol. The summed E-state index contributed by atoms with van der Waals surface area (Å²) in [5.41, 5.74) is 0.666. The maximum atomic E-state index is 10.1. The SMILES string of the molecule is CC(C)N(C)CCNCC(O)c1cc(Cl)ccc1Cl. The number of aliphatic hydroxyl groups is 1. The highest BCUT2D eigenvalue weighted by molar-refractivity contribution is 6.33. The Hall–Kier alpha value is -0.320. The fourth-order valence-corrected chi connectivity index (χ4v) is 2.06. The first-order chi connectivity index (χ1) is 8.91. The maximum absolute atomic E-state index is 10.1. The van der Waals surface area contributed by atoms with Crippen molar-refractivity contribution in [2.24, 2.45) is 0 Å². The molecule has 0 amide bonds. The lowest BCUT2D eigenvalue weighted by Crippen LogP contribution is -2.35. The van der Waals surface area contributed by atoms with Crippen LogP contribution in [0.1, 0.15) is 25.5 Å². The lowest BCUT2D eigenvalue weighted by molar-refractivity contribution is 0.172. The number of hydrogen-bond donors (Lipinski definition) is 2. The van der Waals surface area contributed by atoms with Crippen molar-refractivity contribution in [3.63, 3.8) is 0 Å². The third-order valence-corrected chi connectivity index (χ3v) is 3.76. The van der Waals surface area contributed by atoms with Crippen LogP contribution in [0, 0.1) is 0 Å². The highest BCUT2D eigenvalue weighted by atomic mass is 35.5. The third kappa shape index (κ3) is 5.67. The van der Waals surface area contributed by atoms with Crippen LogP contribution in [0.25, 0.3) is 0 Å². The summed E-state index contributed by atoms with van der Waals surface area (Å²) in [5.74, 6) is 0. The Balaban J connectivity index is 2.39. The highest BCUT2D eigenvalue weighted by Gasteiger charge is 2.12. The zero-order chi connectivity index (χ0) is 14.4. The van der Waals surface area contributed by atoms with E-state index >= 15 is 0 Å². The number of nitrogens with zero attached hydrogens (tertiary/aromatic N) is 1. The van der Waals surface area contributed by atoms with Gasteiger partial charge in [-0.2, -0.15) is 0 Å². The van der Waals surface area contributed by atoms with Crippen molar-refractivity contribution in [2.45, 2.75) is 26.0 Å². The zero-order valence-corrected chi connectivity index (χ0v) is 13.2. The molecule has 1 rings (SSSR count). The van der Waals surface area contributed by atoms with E-state index in [0.29, 0.717) is 28.2 Å². The maximum Gasteiger partial charge on any atom is 0.0929 e. The average Bonchev–Trinajstić information content (AvgIpc) is 2.36. The Morgan fingerprint density at radius 2 is 2.00 bits per heavy atom. The van der Waals surface area contributed by atoms with E-state index in [0.717, 1.165) is 13.1 Å². The van der Waals surface area contributed by atoms with Gasteiger partial charge in [-0.25, -0.2) is 0 Å². The number of halogens is 2. The molecule has 0 radical (unpaired) electrons. The van der Waals surface area contributed by atoms with Gasteiger partial charge in [0.05, 0.1) is 6.10 Å². The van der Waals surface area contributed by atoms with Gasteiger partial charge in [0, 0.05) is 41.3 Å². The largest absolute Gasteiger partial charge is 0.387 e. The molecule has 5 heteroatoms. The number of aliphatic hydroxyl groups excluding tert-OH is 1. The van der Waals surface area contributed by atoms with Crippen LogP contribution in [0.4, 0.5) is 0 Å². The summed E-state index contributed by atoms with van der Waals surface area (Å²) < 4.78 is 0. The standard InChI is InChI=1S/C14H22Cl2N2O/c1-10(2)18(3)7-6-17-9-14(19)12-8-11(15)4-5-13(12)16/h4-5,8,10,14,17,19H,6-7,9H2,1-3H3. The van der Waals surface area contributed by atoms with E-state index in [4.69, 9.17) is 23.2 Å². The minimum Gasteiger partial charge on any atom is -0.387 e. The molecule has 1 unspecified atom stereocenters. The Morgan fingerprint density at radius 1 is 1.32 bits per heavy atom. The summed E-state index contributed by atoms with van der Waals surface area (Å²) in [6.45, 7) is 6.53. The monoisotopic (exact) mass is 304 g/mol. The quantitative estimate of drug-likeness (QED) is 0.760.